The highest BCUT2D eigenvalue weighted by Gasteiger charge is 2.51. The van der Waals surface area contributed by atoms with Crippen molar-refractivity contribution in [1.29, 1.82) is 0 Å². The molecule has 1 aliphatic carbocycles. The van der Waals surface area contributed by atoms with E-state index in [1.807, 2.05) is 51.1 Å². The van der Waals surface area contributed by atoms with Crippen LogP contribution in [0.3, 0.4) is 0 Å². The second-order valence-electron chi connectivity index (χ2n) is 7.56. The van der Waals surface area contributed by atoms with Gasteiger partial charge in [-0.15, -0.1) is 0 Å². The third-order valence-corrected chi connectivity index (χ3v) is 5.48. The van der Waals surface area contributed by atoms with Crippen LogP contribution in [-0.2, 0) is 4.79 Å². The van der Waals surface area contributed by atoms with Crippen LogP contribution >= 0.6 is 0 Å². The van der Waals surface area contributed by atoms with E-state index in [0.717, 1.165) is 40.3 Å². The van der Waals surface area contributed by atoms with Crippen LogP contribution in [0, 0.1) is 25.2 Å². The number of rotatable bonds is 2. The number of pyridine rings is 1. The summed E-state index contributed by atoms with van der Waals surface area (Å²) >= 11 is 0. The molecule has 1 saturated heterocycles. The number of aryl methyl sites for hydroxylation is 2. The van der Waals surface area contributed by atoms with Gasteiger partial charge in [0, 0.05) is 35.8 Å². The standard InChI is InChI=1S/C21H22N4O/c1-13-7-8-22-12-19(13)25-18-9-15(16-10-23-14(2)24-11-16)5-6-17(18)21(3,4)20(25)26/h5,7-12,17H,6H2,1-4H3. The molecule has 2 aromatic rings. The zero-order valence-electron chi connectivity index (χ0n) is 15.5. The number of hydrogen-bond acceptors (Lipinski definition) is 4. The molecule has 0 spiro atoms. The van der Waals surface area contributed by atoms with Gasteiger partial charge < -0.3 is 0 Å². The summed E-state index contributed by atoms with van der Waals surface area (Å²) < 4.78 is 0. The normalized spacial score (nSPS) is 21.3. The number of fused-ring (bicyclic) bond motifs is 1. The van der Waals surface area contributed by atoms with Crippen molar-refractivity contribution in [3.05, 3.63) is 65.7 Å². The van der Waals surface area contributed by atoms with Gasteiger partial charge in [0.25, 0.3) is 0 Å². The molecule has 1 aliphatic heterocycles. The molecule has 5 heteroatoms. The van der Waals surface area contributed by atoms with E-state index in [1.54, 1.807) is 12.4 Å². The molecule has 0 bridgehead atoms. The lowest BCUT2D eigenvalue weighted by Crippen LogP contribution is -2.31. The molecule has 3 heterocycles. The quantitative estimate of drug-likeness (QED) is 0.829. The SMILES string of the molecule is Cc1ncc(C2=CCC3C(=C2)N(c2cnccc2C)C(=O)C3(C)C)cn1. The van der Waals surface area contributed by atoms with Gasteiger partial charge >= 0.3 is 0 Å². The monoisotopic (exact) mass is 346 g/mol. The molecule has 1 amide bonds. The summed E-state index contributed by atoms with van der Waals surface area (Å²) in [6.07, 6.45) is 12.3. The van der Waals surface area contributed by atoms with Crippen LogP contribution in [-0.4, -0.2) is 20.9 Å². The lowest BCUT2D eigenvalue weighted by Gasteiger charge is -2.26. The highest BCUT2D eigenvalue weighted by atomic mass is 16.2. The minimum atomic E-state index is -0.445. The zero-order chi connectivity index (χ0) is 18.5. The van der Waals surface area contributed by atoms with Crippen LogP contribution in [0.25, 0.3) is 5.57 Å². The molecule has 2 aliphatic rings. The first-order chi connectivity index (χ1) is 12.4. The van der Waals surface area contributed by atoms with Crippen LogP contribution in [0.15, 0.2) is 48.7 Å². The number of allylic oxidation sites excluding steroid dienone is 4. The number of aromatic nitrogens is 3. The molecule has 1 fully saturated rings. The lowest BCUT2D eigenvalue weighted by atomic mass is 9.75. The first kappa shape index (κ1) is 16.6. The van der Waals surface area contributed by atoms with E-state index >= 15 is 0 Å². The van der Waals surface area contributed by atoms with Crippen molar-refractivity contribution >= 4 is 17.2 Å². The Balaban J connectivity index is 1.82. The van der Waals surface area contributed by atoms with E-state index in [2.05, 4.69) is 27.1 Å². The van der Waals surface area contributed by atoms with E-state index in [-0.39, 0.29) is 11.8 Å². The molecule has 4 rings (SSSR count). The Labute approximate surface area is 153 Å². The van der Waals surface area contributed by atoms with Gasteiger partial charge in [-0.3, -0.25) is 14.7 Å². The number of nitrogens with zero attached hydrogens (tertiary/aromatic N) is 4. The van der Waals surface area contributed by atoms with Crippen molar-refractivity contribution in [1.82, 2.24) is 15.0 Å². The number of carbonyl (C=O) groups excluding carboxylic acids is 1. The lowest BCUT2D eigenvalue weighted by molar-refractivity contribution is -0.125. The van der Waals surface area contributed by atoms with Gasteiger partial charge in [-0.05, 0) is 43.5 Å². The molecular weight excluding hydrogens is 324 g/mol. The average molecular weight is 346 g/mol. The summed E-state index contributed by atoms with van der Waals surface area (Å²) in [6, 6.07) is 1.94. The maximum Gasteiger partial charge on any atom is 0.237 e. The fourth-order valence-electron chi connectivity index (χ4n) is 3.80. The minimum Gasteiger partial charge on any atom is -0.282 e. The molecule has 26 heavy (non-hydrogen) atoms. The second kappa shape index (κ2) is 5.87. The molecule has 132 valence electrons. The first-order valence-electron chi connectivity index (χ1n) is 8.85. The van der Waals surface area contributed by atoms with Gasteiger partial charge in [0.2, 0.25) is 5.91 Å². The minimum absolute atomic E-state index is 0.125. The Morgan fingerprint density at radius 2 is 1.88 bits per heavy atom. The van der Waals surface area contributed by atoms with Crippen molar-refractivity contribution in [2.45, 2.75) is 34.1 Å². The molecule has 0 aromatic carbocycles. The Kier molecular flexibility index (Phi) is 3.75. The Bertz CT molecular complexity index is 941. The highest BCUT2D eigenvalue weighted by molar-refractivity contribution is 6.05. The van der Waals surface area contributed by atoms with Crippen molar-refractivity contribution in [3.8, 4) is 0 Å². The van der Waals surface area contributed by atoms with Gasteiger partial charge in [-0.2, -0.15) is 0 Å². The summed E-state index contributed by atoms with van der Waals surface area (Å²) in [7, 11) is 0. The average Bonchev–Trinajstić information content (AvgIpc) is 2.82. The van der Waals surface area contributed by atoms with E-state index < -0.39 is 5.41 Å². The fraction of sp³-hybridized carbons (Fsp3) is 0.333. The van der Waals surface area contributed by atoms with Crippen LogP contribution in [0.4, 0.5) is 5.69 Å². The Morgan fingerprint density at radius 1 is 1.15 bits per heavy atom. The van der Waals surface area contributed by atoms with Crippen molar-refractivity contribution in [2.75, 3.05) is 4.90 Å². The largest absolute Gasteiger partial charge is 0.282 e. The third kappa shape index (κ3) is 2.46. The summed E-state index contributed by atoms with van der Waals surface area (Å²) in [4.78, 5) is 27.9. The van der Waals surface area contributed by atoms with E-state index in [1.165, 1.54) is 0 Å². The predicted octanol–water partition coefficient (Wildman–Crippen LogP) is 3.85. The summed E-state index contributed by atoms with van der Waals surface area (Å²) in [5, 5.41) is 0. The molecule has 0 saturated carbocycles. The molecule has 2 aromatic heterocycles. The summed E-state index contributed by atoms with van der Waals surface area (Å²) in [6.45, 7) is 7.96. The first-order valence-corrected chi connectivity index (χ1v) is 8.85. The number of hydrogen-bond donors (Lipinski definition) is 0. The Morgan fingerprint density at radius 3 is 2.58 bits per heavy atom. The van der Waals surface area contributed by atoms with Crippen molar-refractivity contribution in [2.24, 2.45) is 11.3 Å². The van der Waals surface area contributed by atoms with E-state index in [4.69, 9.17) is 0 Å². The zero-order valence-corrected chi connectivity index (χ0v) is 15.5. The van der Waals surface area contributed by atoms with Crippen molar-refractivity contribution < 1.29 is 4.79 Å². The topological polar surface area (TPSA) is 59.0 Å². The number of carbonyl (C=O) groups is 1. The van der Waals surface area contributed by atoms with Crippen LogP contribution in [0.2, 0.25) is 0 Å². The maximum atomic E-state index is 13.2. The van der Waals surface area contributed by atoms with Crippen molar-refractivity contribution in [3.63, 3.8) is 0 Å². The van der Waals surface area contributed by atoms with Crippen LogP contribution in [0.1, 0.15) is 37.2 Å². The predicted molar refractivity (Wildman–Crippen MR) is 101 cm³/mol. The molecule has 0 radical (unpaired) electrons. The molecule has 1 atom stereocenters. The van der Waals surface area contributed by atoms with Gasteiger partial charge in [-0.1, -0.05) is 19.9 Å². The Hall–Kier alpha value is -2.82. The van der Waals surface area contributed by atoms with Gasteiger partial charge in [0.1, 0.15) is 5.82 Å². The van der Waals surface area contributed by atoms with Crippen LogP contribution in [0.5, 0.6) is 0 Å². The number of anilines is 1. The molecule has 5 nitrogen and oxygen atoms in total. The molecule has 0 N–H and O–H groups in total. The maximum absolute atomic E-state index is 13.2. The second-order valence-corrected chi connectivity index (χ2v) is 7.56. The highest BCUT2D eigenvalue weighted by Crippen LogP contribution is 2.50. The molecular formula is C21H22N4O. The third-order valence-electron chi connectivity index (χ3n) is 5.48. The fourth-order valence-corrected chi connectivity index (χ4v) is 3.80. The van der Waals surface area contributed by atoms with E-state index in [9.17, 15) is 4.79 Å². The van der Waals surface area contributed by atoms with Gasteiger partial charge in [0.05, 0.1) is 17.3 Å². The number of amides is 1. The summed E-state index contributed by atoms with van der Waals surface area (Å²) in [5.74, 6) is 1.03. The summed E-state index contributed by atoms with van der Waals surface area (Å²) in [5.41, 5.74) is 4.53. The smallest absolute Gasteiger partial charge is 0.237 e. The van der Waals surface area contributed by atoms with E-state index in [0.29, 0.717) is 0 Å². The van der Waals surface area contributed by atoms with Gasteiger partial charge in [-0.25, -0.2) is 9.97 Å². The van der Waals surface area contributed by atoms with Gasteiger partial charge in [0.15, 0.2) is 0 Å². The molecule has 1 unspecified atom stereocenters. The van der Waals surface area contributed by atoms with Crippen LogP contribution < -0.4 is 4.90 Å².